The molecule has 1 rings (SSSR count). The molecule has 6 heteroatoms. The van der Waals surface area contributed by atoms with Gasteiger partial charge in [-0.1, -0.05) is 12.6 Å². The zero-order valence-electron chi connectivity index (χ0n) is 5.78. The van der Waals surface area contributed by atoms with E-state index in [9.17, 15) is 13.2 Å². The van der Waals surface area contributed by atoms with Crippen LogP contribution in [0.1, 0.15) is 6.42 Å². The Bertz CT molecular complexity index is 259. The number of rotatable bonds is 1. The van der Waals surface area contributed by atoms with E-state index in [4.69, 9.17) is 0 Å². The molecule has 64 valence electrons. The second-order valence-corrected chi connectivity index (χ2v) is 5.18. The lowest BCUT2D eigenvalue weighted by Crippen LogP contribution is -2.31. The van der Waals surface area contributed by atoms with E-state index in [-0.39, 0.29) is 17.5 Å². The maximum absolute atomic E-state index is 10.8. The van der Waals surface area contributed by atoms with Crippen molar-refractivity contribution in [2.75, 3.05) is 11.5 Å². The lowest BCUT2D eigenvalue weighted by atomic mass is 10.3. The summed E-state index contributed by atoms with van der Waals surface area (Å²) in [5, 5.41) is 1.98. The van der Waals surface area contributed by atoms with Gasteiger partial charge >= 0.3 is 0 Å². The number of nitrogens with one attached hydrogen (secondary N) is 1. The van der Waals surface area contributed by atoms with Gasteiger partial charge in [0.1, 0.15) is 0 Å². The van der Waals surface area contributed by atoms with Crippen molar-refractivity contribution in [3.05, 3.63) is 0 Å². The fourth-order valence-corrected chi connectivity index (χ4v) is 2.94. The average molecular weight is 195 g/mol. The molecule has 0 radical (unpaired) electrons. The Morgan fingerprint density at radius 1 is 1.55 bits per heavy atom. The molecule has 1 aliphatic heterocycles. The summed E-state index contributed by atoms with van der Waals surface area (Å²) >= 11 is 3.49. The number of hydrogen-bond donors (Lipinski definition) is 2. The second-order valence-electron chi connectivity index (χ2n) is 2.55. The molecule has 1 amide bonds. The third kappa shape index (κ3) is 2.70. The summed E-state index contributed by atoms with van der Waals surface area (Å²) in [5.41, 5.74) is 0. The van der Waals surface area contributed by atoms with E-state index < -0.39 is 15.1 Å². The number of carbonyl (C=O) groups excluding carboxylic acids is 1. The van der Waals surface area contributed by atoms with E-state index in [1.54, 1.807) is 0 Å². The zero-order valence-corrected chi connectivity index (χ0v) is 7.49. The molecule has 1 fully saturated rings. The van der Waals surface area contributed by atoms with Gasteiger partial charge in [0.05, 0.1) is 11.5 Å². The molecule has 0 bridgehead atoms. The van der Waals surface area contributed by atoms with E-state index in [2.05, 4.69) is 17.9 Å². The number of carbonyl (C=O) groups is 1. The second kappa shape index (κ2) is 3.02. The molecule has 4 nitrogen and oxygen atoms in total. The predicted molar refractivity (Wildman–Crippen MR) is 44.6 cm³/mol. The van der Waals surface area contributed by atoms with Crippen molar-refractivity contribution in [2.45, 2.75) is 12.5 Å². The highest BCUT2D eigenvalue weighted by Crippen LogP contribution is 2.11. The first-order valence-electron chi connectivity index (χ1n) is 3.19. The summed E-state index contributed by atoms with van der Waals surface area (Å²) in [6, 6.07) is -0.231. The fourth-order valence-electron chi connectivity index (χ4n) is 1.08. The predicted octanol–water partition coefficient (Wildman–Crippen LogP) is -0.187. The van der Waals surface area contributed by atoms with E-state index >= 15 is 0 Å². The molecular formula is C5H9NO3S2. The van der Waals surface area contributed by atoms with Gasteiger partial charge in [0.2, 0.25) is 0 Å². The highest BCUT2D eigenvalue weighted by molar-refractivity contribution is 7.96. The van der Waals surface area contributed by atoms with Crippen LogP contribution in [0.4, 0.5) is 4.79 Å². The van der Waals surface area contributed by atoms with Crippen molar-refractivity contribution < 1.29 is 13.2 Å². The Balaban J connectivity index is 2.49. The Morgan fingerprint density at radius 2 is 2.18 bits per heavy atom. The molecule has 1 unspecified atom stereocenters. The van der Waals surface area contributed by atoms with Crippen molar-refractivity contribution in [1.82, 2.24) is 5.32 Å². The first kappa shape index (κ1) is 8.86. The molecule has 1 aliphatic rings. The maximum Gasteiger partial charge on any atom is 0.276 e. The number of sulfone groups is 1. The Morgan fingerprint density at radius 3 is 2.55 bits per heavy atom. The van der Waals surface area contributed by atoms with Crippen LogP contribution in [0.15, 0.2) is 0 Å². The van der Waals surface area contributed by atoms with Crippen LogP contribution in [-0.2, 0) is 9.84 Å². The maximum atomic E-state index is 10.8. The topological polar surface area (TPSA) is 63.2 Å². The Labute approximate surface area is 70.7 Å². The van der Waals surface area contributed by atoms with Crippen LogP contribution in [0.2, 0.25) is 0 Å². The average Bonchev–Trinajstić information content (AvgIpc) is 2.08. The molecule has 11 heavy (non-hydrogen) atoms. The Kier molecular flexibility index (Phi) is 2.43. The molecule has 0 aromatic rings. The lowest BCUT2D eigenvalue weighted by molar-refractivity contribution is 0.258. The molecule has 0 saturated carbocycles. The first-order chi connectivity index (χ1) is 4.99. The zero-order chi connectivity index (χ0) is 8.48. The van der Waals surface area contributed by atoms with Crippen molar-refractivity contribution in [1.29, 1.82) is 0 Å². The SMILES string of the molecule is O=C(S)NC1CCS(=O)(=O)C1. The van der Waals surface area contributed by atoms with Gasteiger partial charge in [-0.05, 0) is 6.42 Å². The fraction of sp³-hybridized carbons (Fsp3) is 0.800. The molecule has 0 aliphatic carbocycles. The number of amides is 1. The highest BCUT2D eigenvalue weighted by atomic mass is 32.2. The first-order valence-corrected chi connectivity index (χ1v) is 5.46. The van der Waals surface area contributed by atoms with Crippen LogP contribution >= 0.6 is 12.6 Å². The van der Waals surface area contributed by atoms with Gasteiger partial charge in [-0.25, -0.2) is 8.42 Å². The van der Waals surface area contributed by atoms with Crippen LogP contribution in [0.5, 0.6) is 0 Å². The van der Waals surface area contributed by atoms with E-state index in [1.165, 1.54) is 0 Å². The summed E-state index contributed by atoms with van der Waals surface area (Å²) in [4.78, 5) is 10.4. The minimum atomic E-state index is -2.89. The van der Waals surface area contributed by atoms with Crippen molar-refractivity contribution >= 4 is 27.7 Å². The monoisotopic (exact) mass is 195 g/mol. The molecule has 0 spiro atoms. The van der Waals surface area contributed by atoms with Crippen molar-refractivity contribution in [3.8, 4) is 0 Å². The van der Waals surface area contributed by atoms with E-state index in [0.717, 1.165) is 0 Å². The third-order valence-corrected chi connectivity index (χ3v) is 3.46. The molecule has 0 aromatic carbocycles. The molecule has 1 heterocycles. The van der Waals surface area contributed by atoms with Crippen LogP contribution in [-0.4, -0.2) is 31.2 Å². The number of hydrogen-bond acceptors (Lipinski definition) is 3. The van der Waals surface area contributed by atoms with Gasteiger partial charge in [-0.15, -0.1) is 0 Å². The van der Waals surface area contributed by atoms with Crippen LogP contribution < -0.4 is 5.32 Å². The van der Waals surface area contributed by atoms with E-state index in [0.29, 0.717) is 6.42 Å². The summed E-state index contributed by atoms with van der Waals surface area (Å²) < 4.78 is 21.7. The van der Waals surface area contributed by atoms with Crippen molar-refractivity contribution in [2.24, 2.45) is 0 Å². The normalized spacial score (nSPS) is 28.3. The Hall–Kier alpha value is -0.230. The quantitative estimate of drug-likeness (QED) is 0.570. The van der Waals surface area contributed by atoms with Gasteiger partial charge < -0.3 is 5.32 Å². The van der Waals surface area contributed by atoms with Gasteiger partial charge in [0, 0.05) is 6.04 Å². The molecule has 1 saturated heterocycles. The molecule has 1 N–H and O–H groups in total. The summed E-state index contributed by atoms with van der Waals surface area (Å²) in [7, 11) is -2.89. The summed E-state index contributed by atoms with van der Waals surface area (Å²) in [6.07, 6.45) is 0.509. The van der Waals surface area contributed by atoms with Crippen LogP contribution in [0, 0.1) is 0 Å². The minimum Gasteiger partial charge on any atom is -0.343 e. The summed E-state index contributed by atoms with van der Waals surface area (Å²) in [5.74, 6) is 0.227. The van der Waals surface area contributed by atoms with Crippen LogP contribution in [0.25, 0.3) is 0 Å². The lowest BCUT2D eigenvalue weighted by Gasteiger charge is -2.05. The van der Waals surface area contributed by atoms with Gasteiger partial charge in [-0.2, -0.15) is 0 Å². The van der Waals surface area contributed by atoms with Gasteiger partial charge in [0.15, 0.2) is 9.84 Å². The smallest absolute Gasteiger partial charge is 0.276 e. The standard InChI is InChI=1S/C5H9NO3S2/c7-5(10)6-4-1-2-11(8,9)3-4/h4H,1-3H2,(H2,6,7,10). The largest absolute Gasteiger partial charge is 0.343 e. The van der Waals surface area contributed by atoms with Crippen molar-refractivity contribution in [3.63, 3.8) is 0 Å². The third-order valence-electron chi connectivity index (χ3n) is 1.56. The summed E-state index contributed by atoms with van der Waals surface area (Å²) in [6.45, 7) is 0. The highest BCUT2D eigenvalue weighted by Gasteiger charge is 2.28. The minimum absolute atomic E-state index is 0.0549. The van der Waals surface area contributed by atoms with Gasteiger partial charge in [0.25, 0.3) is 5.24 Å². The van der Waals surface area contributed by atoms with Gasteiger partial charge in [-0.3, -0.25) is 4.79 Å². The van der Waals surface area contributed by atoms with Crippen LogP contribution in [0.3, 0.4) is 0 Å². The molecule has 0 aromatic heterocycles. The molecule has 1 atom stereocenters. The molecular weight excluding hydrogens is 186 g/mol. The number of thiol groups is 1. The van der Waals surface area contributed by atoms with E-state index in [1.807, 2.05) is 0 Å².